The van der Waals surface area contributed by atoms with E-state index in [2.05, 4.69) is 6.07 Å². The van der Waals surface area contributed by atoms with E-state index >= 15 is 0 Å². The van der Waals surface area contributed by atoms with Crippen molar-refractivity contribution in [1.82, 2.24) is 0 Å². The number of carbonyl (C=O) groups excluding carboxylic acids is 1. The molecular weight excluding hydrogens is 257 g/mol. The van der Waals surface area contributed by atoms with Crippen LogP contribution in [0.15, 0.2) is 18.2 Å². The molecule has 1 aromatic rings. The topological polar surface area (TPSA) is 40.9 Å². The minimum Gasteiger partial charge on any atom is -0.303 e. The van der Waals surface area contributed by atoms with Crippen LogP contribution in [0, 0.1) is 17.2 Å². The molecule has 0 radical (unpaired) electrons. The van der Waals surface area contributed by atoms with E-state index in [0.717, 1.165) is 23.8 Å². The lowest BCUT2D eigenvalue weighted by molar-refractivity contribution is -0.108. The van der Waals surface area contributed by atoms with Gasteiger partial charge in [0.2, 0.25) is 0 Å². The summed E-state index contributed by atoms with van der Waals surface area (Å²) in [4.78, 5) is 10.8. The van der Waals surface area contributed by atoms with E-state index in [0.29, 0.717) is 5.56 Å². The van der Waals surface area contributed by atoms with Gasteiger partial charge in [-0.2, -0.15) is 5.26 Å². The summed E-state index contributed by atoms with van der Waals surface area (Å²) in [6, 6.07) is 7.67. The zero-order valence-electron chi connectivity index (χ0n) is 9.28. The number of benzene rings is 1. The SMILES string of the molecule is CCc1cc(C#N)cc(C2C(C=O)C2(Cl)Cl)c1. The summed E-state index contributed by atoms with van der Waals surface area (Å²) in [6.07, 6.45) is 1.62. The summed E-state index contributed by atoms with van der Waals surface area (Å²) >= 11 is 12.1. The first kappa shape index (κ1) is 12.4. The van der Waals surface area contributed by atoms with Crippen LogP contribution in [0.25, 0.3) is 0 Å². The van der Waals surface area contributed by atoms with Crippen molar-refractivity contribution >= 4 is 29.5 Å². The lowest BCUT2D eigenvalue weighted by Gasteiger charge is -2.04. The highest BCUT2D eigenvalue weighted by Crippen LogP contribution is 2.64. The highest BCUT2D eigenvalue weighted by molar-refractivity contribution is 6.53. The second kappa shape index (κ2) is 4.33. The molecule has 0 spiro atoms. The minimum atomic E-state index is -1.01. The van der Waals surface area contributed by atoms with E-state index in [9.17, 15) is 4.79 Å². The third-order valence-electron chi connectivity index (χ3n) is 3.17. The molecule has 2 atom stereocenters. The Morgan fingerprint density at radius 3 is 2.65 bits per heavy atom. The van der Waals surface area contributed by atoms with E-state index in [-0.39, 0.29) is 11.8 Å². The highest BCUT2D eigenvalue weighted by Gasteiger charge is 2.64. The minimum absolute atomic E-state index is 0.193. The lowest BCUT2D eigenvalue weighted by Crippen LogP contribution is -1.93. The second-order valence-corrected chi connectivity index (χ2v) is 5.69. The number of hydrogen-bond acceptors (Lipinski definition) is 2. The molecular formula is C13H11Cl2NO. The maximum atomic E-state index is 10.8. The van der Waals surface area contributed by atoms with E-state index in [1.165, 1.54) is 0 Å². The van der Waals surface area contributed by atoms with Crippen LogP contribution in [0.1, 0.15) is 29.5 Å². The summed E-state index contributed by atoms with van der Waals surface area (Å²) < 4.78 is -1.01. The van der Waals surface area contributed by atoms with Gasteiger partial charge in [-0.1, -0.05) is 13.0 Å². The van der Waals surface area contributed by atoms with Crippen LogP contribution in [-0.4, -0.2) is 10.6 Å². The van der Waals surface area contributed by atoms with Gasteiger partial charge >= 0.3 is 0 Å². The van der Waals surface area contributed by atoms with Gasteiger partial charge in [-0.15, -0.1) is 23.2 Å². The molecule has 1 fully saturated rings. The predicted molar refractivity (Wildman–Crippen MR) is 67.3 cm³/mol. The quantitative estimate of drug-likeness (QED) is 0.624. The van der Waals surface area contributed by atoms with Crippen molar-refractivity contribution in [3.63, 3.8) is 0 Å². The van der Waals surface area contributed by atoms with Gasteiger partial charge in [0.05, 0.1) is 17.6 Å². The number of carbonyl (C=O) groups is 1. The first-order valence-electron chi connectivity index (χ1n) is 5.41. The molecule has 0 saturated heterocycles. The number of aldehydes is 1. The fourth-order valence-electron chi connectivity index (χ4n) is 2.12. The van der Waals surface area contributed by atoms with Gasteiger partial charge in [0.15, 0.2) is 0 Å². The average Bonchev–Trinajstić information content (AvgIpc) is 2.90. The zero-order valence-corrected chi connectivity index (χ0v) is 10.8. The molecule has 88 valence electrons. The lowest BCUT2D eigenvalue weighted by atomic mass is 10.0. The summed E-state index contributed by atoms with van der Waals surface area (Å²) in [5.41, 5.74) is 2.52. The summed E-state index contributed by atoms with van der Waals surface area (Å²) in [6.45, 7) is 2.01. The number of aryl methyl sites for hydroxylation is 1. The Kier molecular flexibility index (Phi) is 3.16. The molecule has 0 aromatic heterocycles. The molecule has 0 bridgehead atoms. The van der Waals surface area contributed by atoms with Gasteiger partial charge in [-0.25, -0.2) is 0 Å². The first-order chi connectivity index (χ1) is 8.04. The Morgan fingerprint density at radius 2 is 2.18 bits per heavy atom. The van der Waals surface area contributed by atoms with Gasteiger partial charge in [-0.05, 0) is 29.7 Å². The predicted octanol–water partition coefficient (Wildman–Crippen LogP) is 3.21. The van der Waals surface area contributed by atoms with Gasteiger partial charge in [0, 0.05) is 5.92 Å². The molecule has 0 heterocycles. The highest BCUT2D eigenvalue weighted by atomic mass is 35.5. The molecule has 0 N–H and O–H groups in total. The number of nitrogens with zero attached hydrogens (tertiary/aromatic N) is 1. The molecule has 1 aliphatic rings. The summed E-state index contributed by atoms with van der Waals surface area (Å²) in [7, 11) is 0. The van der Waals surface area contributed by atoms with Crippen LogP contribution in [0.3, 0.4) is 0 Å². The van der Waals surface area contributed by atoms with Gasteiger partial charge in [-0.3, -0.25) is 0 Å². The van der Waals surface area contributed by atoms with Crippen molar-refractivity contribution in [3.05, 3.63) is 34.9 Å². The number of alkyl halides is 2. The summed E-state index contributed by atoms with van der Waals surface area (Å²) in [5.74, 6) is -0.564. The van der Waals surface area contributed by atoms with Crippen molar-refractivity contribution in [2.75, 3.05) is 0 Å². The van der Waals surface area contributed by atoms with Crippen molar-refractivity contribution in [3.8, 4) is 6.07 Å². The van der Waals surface area contributed by atoms with Crippen molar-refractivity contribution in [2.24, 2.45) is 5.92 Å². The average molecular weight is 268 g/mol. The number of nitriles is 1. The summed E-state index contributed by atoms with van der Waals surface area (Å²) in [5, 5.41) is 8.95. The molecule has 4 heteroatoms. The largest absolute Gasteiger partial charge is 0.303 e. The fourth-order valence-corrected chi connectivity index (χ4v) is 2.87. The van der Waals surface area contributed by atoms with Crippen molar-refractivity contribution in [1.29, 1.82) is 5.26 Å². The van der Waals surface area contributed by atoms with Crippen LogP contribution in [0.4, 0.5) is 0 Å². The standard InChI is InChI=1S/C13H11Cl2NO/c1-2-8-3-9(6-16)5-10(4-8)12-11(7-17)13(12,14)15/h3-5,7,11-12H,2H2,1H3. The van der Waals surface area contributed by atoms with Gasteiger partial charge in [0.1, 0.15) is 10.6 Å². The van der Waals surface area contributed by atoms with E-state index in [1.807, 2.05) is 19.1 Å². The monoisotopic (exact) mass is 267 g/mol. The molecule has 17 heavy (non-hydrogen) atoms. The Labute approximate surface area is 110 Å². The molecule has 2 nitrogen and oxygen atoms in total. The van der Waals surface area contributed by atoms with E-state index in [1.54, 1.807) is 6.07 Å². The van der Waals surface area contributed by atoms with Crippen LogP contribution in [0.5, 0.6) is 0 Å². The van der Waals surface area contributed by atoms with Gasteiger partial charge in [0.25, 0.3) is 0 Å². The molecule has 0 amide bonds. The molecule has 1 aromatic carbocycles. The van der Waals surface area contributed by atoms with Crippen LogP contribution >= 0.6 is 23.2 Å². The van der Waals surface area contributed by atoms with Crippen LogP contribution in [0.2, 0.25) is 0 Å². The van der Waals surface area contributed by atoms with Crippen LogP contribution < -0.4 is 0 Å². The van der Waals surface area contributed by atoms with Crippen molar-refractivity contribution in [2.45, 2.75) is 23.6 Å². The van der Waals surface area contributed by atoms with Crippen molar-refractivity contribution < 1.29 is 4.79 Å². The number of hydrogen-bond donors (Lipinski definition) is 0. The zero-order chi connectivity index (χ0) is 12.6. The number of halogens is 2. The maximum Gasteiger partial charge on any atom is 0.136 e. The fraction of sp³-hybridized carbons (Fsp3) is 0.385. The molecule has 2 unspecified atom stereocenters. The second-order valence-electron chi connectivity index (χ2n) is 4.24. The normalized spacial score (nSPS) is 25.1. The maximum absolute atomic E-state index is 10.8. The first-order valence-corrected chi connectivity index (χ1v) is 6.17. The van der Waals surface area contributed by atoms with E-state index < -0.39 is 4.33 Å². The molecule has 1 saturated carbocycles. The number of rotatable bonds is 3. The smallest absolute Gasteiger partial charge is 0.136 e. The Hall–Kier alpha value is -1.04. The van der Waals surface area contributed by atoms with E-state index in [4.69, 9.17) is 28.5 Å². The molecule has 1 aliphatic carbocycles. The Bertz CT molecular complexity index is 505. The molecule has 2 rings (SSSR count). The van der Waals surface area contributed by atoms with Gasteiger partial charge < -0.3 is 4.79 Å². The Balaban J connectivity index is 2.41. The Morgan fingerprint density at radius 1 is 1.47 bits per heavy atom. The molecule has 0 aliphatic heterocycles. The third kappa shape index (κ3) is 2.06. The third-order valence-corrected chi connectivity index (χ3v) is 4.14. The van der Waals surface area contributed by atoms with Crippen LogP contribution in [-0.2, 0) is 11.2 Å².